The van der Waals surface area contributed by atoms with Crippen LogP contribution in [-0.4, -0.2) is 16.9 Å². The number of aromatic nitrogens is 1. The topological polar surface area (TPSA) is 42.2 Å². The maximum absolute atomic E-state index is 13.4. The Bertz CT molecular complexity index is 528. The fraction of sp³-hybridized carbons (Fsp3) is 0.267. The van der Waals surface area contributed by atoms with Crippen LogP contribution in [0.1, 0.15) is 16.7 Å². The number of nitrogens with two attached hydrogens (primary N) is 1. The van der Waals surface area contributed by atoms with E-state index < -0.39 is 0 Å². The van der Waals surface area contributed by atoms with Crippen LogP contribution in [0, 0.1) is 5.82 Å². The van der Waals surface area contributed by atoms with Crippen molar-refractivity contribution in [2.75, 3.05) is 7.05 Å². The van der Waals surface area contributed by atoms with Crippen LogP contribution in [0.15, 0.2) is 42.7 Å². The van der Waals surface area contributed by atoms with Crippen molar-refractivity contribution in [1.82, 2.24) is 9.88 Å². The van der Waals surface area contributed by atoms with Gasteiger partial charge in [0.15, 0.2) is 0 Å². The minimum absolute atomic E-state index is 0.229. The van der Waals surface area contributed by atoms with E-state index in [1.807, 2.05) is 31.4 Å². The monoisotopic (exact) mass is 259 g/mol. The molecular formula is C15H18FN3. The van der Waals surface area contributed by atoms with E-state index in [2.05, 4.69) is 9.88 Å². The number of pyridine rings is 1. The number of benzene rings is 1. The highest BCUT2D eigenvalue weighted by atomic mass is 19.1. The summed E-state index contributed by atoms with van der Waals surface area (Å²) in [5, 5.41) is 0. The molecule has 19 heavy (non-hydrogen) atoms. The molecule has 0 unspecified atom stereocenters. The Morgan fingerprint density at radius 1 is 1.16 bits per heavy atom. The Balaban J connectivity index is 2.02. The second kappa shape index (κ2) is 6.41. The van der Waals surface area contributed by atoms with Gasteiger partial charge < -0.3 is 5.73 Å². The van der Waals surface area contributed by atoms with E-state index in [1.165, 1.54) is 6.07 Å². The van der Waals surface area contributed by atoms with E-state index in [1.54, 1.807) is 12.3 Å². The molecule has 0 amide bonds. The molecule has 0 spiro atoms. The highest BCUT2D eigenvalue weighted by molar-refractivity contribution is 5.24. The van der Waals surface area contributed by atoms with Crippen LogP contribution in [0.3, 0.4) is 0 Å². The van der Waals surface area contributed by atoms with E-state index in [0.29, 0.717) is 13.1 Å². The minimum Gasteiger partial charge on any atom is -0.326 e. The van der Waals surface area contributed by atoms with Gasteiger partial charge in [-0.05, 0) is 41.9 Å². The van der Waals surface area contributed by atoms with Crippen LogP contribution in [0.4, 0.5) is 4.39 Å². The maximum Gasteiger partial charge on any atom is 0.123 e. The summed E-state index contributed by atoms with van der Waals surface area (Å²) in [6.45, 7) is 1.82. The highest BCUT2D eigenvalue weighted by Gasteiger charge is 2.05. The molecule has 1 aromatic carbocycles. The molecule has 0 aliphatic carbocycles. The summed E-state index contributed by atoms with van der Waals surface area (Å²) in [5.41, 5.74) is 8.45. The zero-order chi connectivity index (χ0) is 13.7. The first kappa shape index (κ1) is 13.6. The summed E-state index contributed by atoms with van der Waals surface area (Å²) >= 11 is 0. The summed E-state index contributed by atoms with van der Waals surface area (Å²) in [4.78, 5) is 6.20. The largest absolute Gasteiger partial charge is 0.326 e. The molecule has 2 aromatic rings. The summed E-state index contributed by atoms with van der Waals surface area (Å²) in [6.07, 6.45) is 3.59. The molecule has 0 saturated carbocycles. The Hall–Kier alpha value is -1.78. The lowest BCUT2D eigenvalue weighted by Gasteiger charge is -2.17. The molecule has 3 nitrogen and oxygen atoms in total. The van der Waals surface area contributed by atoms with Gasteiger partial charge in [0.05, 0.1) is 0 Å². The second-order valence-corrected chi connectivity index (χ2v) is 4.71. The summed E-state index contributed by atoms with van der Waals surface area (Å²) < 4.78 is 13.4. The normalized spacial score (nSPS) is 10.9. The molecule has 0 fully saturated rings. The molecule has 1 aromatic heterocycles. The van der Waals surface area contributed by atoms with E-state index >= 15 is 0 Å². The summed E-state index contributed by atoms with van der Waals surface area (Å²) in [6, 6.07) is 8.92. The Labute approximate surface area is 112 Å². The molecule has 0 aliphatic heterocycles. The van der Waals surface area contributed by atoms with Gasteiger partial charge >= 0.3 is 0 Å². The fourth-order valence-electron chi connectivity index (χ4n) is 2.10. The zero-order valence-corrected chi connectivity index (χ0v) is 11.0. The Morgan fingerprint density at radius 2 is 1.89 bits per heavy atom. The van der Waals surface area contributed by atoms with Crippen molar-refractivity contribution in [3.05, 3.63) is 65.2 Å². The minimum atomic E-state index is -0.229. The molecule has 1 heterocycles. The lowest BCUT2D eigenvalue weighted by molar-refractivity contribution is 0.318. The molecule has 0 bridgehead atoms. The first-order valence-electron chi connectivity index (χ1n) is 6.23. The predicted molar refractivity (Wildman–Crippen MR) is 73.7 cm³/mol. The number of rotatable bonds is 5. The number of hydrogen-bond donors (Lipinski definition) is 1. The van der Waals surface area contributed by atoms with Crippen LogP contribution in [0.25, 0.3) is 0 Å². The van der Waals surface area contributed by atoms with Gasteiger partial charge in [-0.3, -0.25) is 9.88 Å². The maximum atomic E-state index is 13.4. The summed E-state index contributed by atoms with van der Waals surface area (Å²) in [5.74, 6) is -0.229. The smallest absolute Gasteiger partial charge is 0.123 e. The number of nitrogens with zero attached hydrogens (tertiary/aromatic N) is 2. The predicted octanol–water partition coefficient (Wildman–Crippen LogP) is 2.31. The first-order valence-corrected chi connectivity index (χ1v) is 6.23. The van der Waals surface area contributed by atoms with Gasteiger partial charge in [0, 0.05) is 32.0 Å². The Kier molecular flexibility index (Phi) is 4.60. The molecule has 2 rings (SSSR count). The van der Waals surface area contributed by atoms with Gasteiger partial charge in [-0.15, -0.1) is 0 Å². The quantitative estimate of drug-likeness (QED) is 0.896. The molecular weight excluding hydrogens is 241 g/mol. The van der Waals surface area contributed by atoms with Crippen molar-refractivity contribution in [3.63, 3.8) is 0 Å². The lowest BCUT2D eigenvalue weighted by Crippen LogP contribution is -2.17. The van der Waals surface area contributed by atoms with Gasteiger partial charge in [-0.25, -0.2) is 4.39 Å². The Morgan fingerprint density at radius 3 is 2.58 bits per heavy atom. The lowest BCUT2D eigenvalue weighted by atomic mass is 10.1. The van der Waals surface area contributed by atoms with Crippen molar-refractivity contribution < 1.29 is 4.39 Å². The molecule has 100 valence electrons. The average molecular weight is 259 g/mol. The van der Waals surface area contributed by atoms with E-state index in [9.17, 15) is 4.39 Å². The van der Waals surface area contributed by atoms with Gasteiger partial charge in [0.2, 0.25) is 0 Å². The van der Waals surface area contributed by atoms with Gasteiger partial charge in [0.1, 0.15) is 5.82 Å². The number of halogens is 1. The molecule has 0 atom stereocenters. The van der Waals surface area contributed by atoms with E-state index in [4.69, 9.17) is 5.73 Å². The van der Waals surface area contributed by atoms with Crippen LogP contribution < -0.4 is 5.73 Å². The van der Waals surface area contributed by atoms with E-state index in [-0.39, 0.29) is 5.82 Å². The number of hydrogen-bond acceptors (Lipinski definition) is 3. The van der Waals surface area contributed by atoms with Crippen molar-refractivity contribution >= 4 is 0 Å². The van der Waals surface area contributed by atoms with Crippen molar-refractivity contribution in [2.45, 2.75) is 19.6 Å². The third kappa shape index (κ3) is 4.12. The SMILES string of the molecule is CN(Cc1cccnc1)Cc1cc(F)cc(CN)c1. The first-order chi connectivity index (χ1) is 9.17. The van der Waals surface area contributed by atoms with Crippen molar-refractivity contribution in [3.8, 4) is 0 Å². The fourth-order valence-corrected chi connectivity index (χ4v) is 2.10. The van der Waals surface area contributed by atoms with Crippen molar-refractivity contribution in [2.24, 2.45) is 5.73 Å². The van der Waals surface area contributed by atoms with Crippen LogP contribution in [-0.2, 0) is 19.6 Å². The van der Waals surface area contributed by atoms with Gasteiger partial charge in [0.25, 0.3) is 0 Å². The van der Waals surface area contributed by atoms with E-state index in [0.717, 1.165) is 23.2 Å². The molecule has 0 radical (unpaired) electrons. The third-order valence-electron chi connectivity index (χ3n) is 2.88. The van der Waals surface area contributed by atoms with Gasteiger partial charge in [-0.1, -0.05) is 12.1 Å². The highest BCUT2D eigenvalue weighted by Crippen LogP contribution is 2.12. The molecule has 2 N–H and O–H groups in total. The molecule has 0 aliphatic rings. The second-order valence-electron chi connectivity index (χ2n) is 4.71. The van der Waals surface area contributed by atoms with Gasteiger partial charge in [-0.2, -0.15) is 0 Å². The molecule has 0 saturated heterocycles. The molecule has 4 heteroatoms. The van der Waals surface area contributed by atoms with Crippen molar-refractivity contribution in [1.29, 1.82) is 0 Å². The standard InChI is InChI=1S/C15H18FN3/c1-19(10-12-3-2-4-18-9-12)11-14-5-13(8-17)6-15(16)7-14/h2-7,9H,8,10-11,17H2,1H3. The average Bonchev–Trinajstić information content (AvgIpc) is 2.38. The van der Waals surface area contributed by atoms with Crippen LogP contribution in [0.2, 0.25) is 0 Å². The van der Waals surface area contributed by atoms with Crippen LogP contribution in [0.5, 0.6) is 0 Å². The zero-order valence-electron chi connectivity index (χ0n) is 11.0. The third-order valence-corrected chi connectivity index (χ3v) is 2.88. The summed E-state index contributed by atoms with van der Waals surface area (Å²) in [7, 11) is 2.00. The van der Waals surface area contributed by atoms with Crippen LogP contribution >= 0.6 is 0 Å².